The first-order chi connectivity index (χ1) is 10.2. The van der Waals surface area contributed by atoms with Gasteiger partial charge in [-0.15, -0.1) is 0 Å². The Hall–Kier alpha value is -2.95. The van der Waals surface area contributed by atoms with Crippen LogP contribution in [0.4, 0.5) is 11.6 Å². The van der Waals surface area contributed by atoms with Crippen molar-refractivity contribution in [3.63, 3.8) is 0 Å². The molecule has 0 bridgehead atoms. The number of para-hydroxylation sites is 2. The summed E-state index contributed by atoms with van der Waals surface area (Å²) in [4.78, 5) is 32.5. The second-order valence-electron chi connectivity index (χ2n) is 4.60. The highest BCUT2D eigenvalue weighted by molar-refractivity contribution is 5.97. The molecular weight excluding hydrogens is 266 g/mol. The number of fused-ring (bicyclic) bond motifs is 1. The van der Waals surface area contributed by atoms with Gasteiger partial charge in [0.05, 0.1) is 16.6 Å². The molecule has 5 heteroatoms. The number of carbonyl (C=O) groups excluding carboxylic acids is 1. The fraction of sp³-hybridized carbons (Fsp3) is 0.0625. The van der Waals surface area contributed by atoms with Gasteiger partial charge in [-0.1, -0.05) is 30.3 Å². The molecule has 0 spiro atoms. The number of H-pyrrole nitrogens is 1. The first kappa shape index (κ1) is 13.1. The summed E-state index contributed by atoms with van der Waals surface area (Å²) >= 11 is 0. The van der Waals surface area contributed by atoms with Crippen molar-refractivity contribution in [2.75, 3.05) is 4.90 Å². The van der Waals surface area contributed by atoms with Crippen molar-refractivity contribution >= 4 is 28.4 Å². The van der Waals surface area contributed by atoms with E-state index in [-0.39, 0.29) is 17.4 Å². The molecule has 1 aromatic heterocycles. The van der Waals surface area contributed by atoms with Gasteiger partial charge in [0.2, 0.25) is 11.9 Å². The molecule has 1 heterocycles. The number of aromatic nitrogens is 2. The number of nitrogens with one attached hydrogen (secondary N) is 1. The molecule has 0 fully saturated rings. The van der Waals surface area contributed by atoms with Crippen molar-refractivity contribution in [1.29, 1.82) is 0 Å². The highest BCUT2D eigenvalue weighted by atomic mass is 16.2. The van der Waals surface area contributed by atoms with Gasteiger partial charge in [0.15, 0.2) is 0 Å². The Labute approximate surface area is 120 Å². The van der Waals surface area contributed by atoms with E-state index in [0.717, 1.165) is 0 Å². The average Bonchev–Trinajstić information content (AvgIpc) is 2.48. The Balaban J connectivity index is 2.21. The van der Waals surface area contributed by atoms with Crippen molar-refractivity contribution in [3.05, 3.63) is 65.0 Å². The predicted octanol–water partition coefficient (Wildman–Crippen LogP) is 2.61. The van der Waals surface area contributed by atoms with Gasteiger partial charge < -0.3 is 0 Å². The monoisotopic (exact) mass is 279 g/mol. The highest BCUT2D eigenvalue weighted by Gasteiger charge is 2.17. The normalized spacial score (nSPS) is 10.5. The third-order valence-electron chi connectivity index (χ3n) is 3.14. The number of amides is 1. The topological polar surface area (TPSA) is 66.1 Å². The number of hydrogen-bond donors (Lipinski definition) is 1. The number of nitrogens with zero attached hydrogens (tertiary/aromatic N) is 2. The van der Waals surface area contributed by atoms with E-state index in [1.807, 2.05) is 18.2 Å². The maximum atomic E-state index is 12.1. The molecule has 0 radical (unpaired) electrons. The lowest BCUT2D eigenvalue weighted by Crippen LogP contribution is -2.27. The maximum Gasteiger partial charge on any atom is 0.260 e. The van der Waals surface area contributed by atoms with Crippen molar-refractivity contribution in [2.45, 2.75) is 6.92 Å². The SMILES string of the molecule is CC(=O)N(c1ccccc1)c1nc2ccccc2c(=O)[nH]1. The average molecular weight is 279 g/mol. The van der Waals surface area contributed by atoms with Crippen LogP contribution in [-0.4, -0.2) is 15.9 Å². The largest absolute Gasteiger partial charge is 0.291 e. The molecule has 0 saturated carbocycles. The zero-order valence-electron chi connectivity index (χ0n) is 11.4. The van der Waals surface area contributed by atoms with Crippen LogP contribution in [0.1, 0.15) is 6.92 Å². The molecule has 1 N–H and O–H groups in total. The zero-order valence-corrected chi connectivity index (χ0v) is 11.4. The van der Waals surface area contributed by atoms with Crippen LogP contribution in [0.3, 0.4) is 0 Å². The van der Waals surface area contributed by atoms with Crippen LogP contribution in [0, 0.1) is 0 Å². The molecule has 0 aliphatic heterocycles. The summed E-state index contributed by atoms with van der Waals surface area (Å²) in [5, 5.41) is 0.498. The lowest BCUT2D eigenvalue weighted by atomic mass is 10.2. The minimum absolute atomic E-state index is 0.220. The molecule has 0 saturated heterocycles. The highest BCUT2D eigenvalue weighted by Crippen LogP contribution is 2.22. The molecular formula is C16H13N3O2. The Bertz CT molecular complexity index is 856. The van der Waals surface area contributed by atoms with Crippen molar-refractivity contribution in [1.82, 2.24) is 9.97 Å². The van der Waals surface area contributed by atoms with Crippen LogP contribution in [0.15, 0.2) is 59.4 Å². The minimum atomic E-state index is -0.266. The zero-order chi connectivity index (χ0) is 14.8. The molecule has 2 aromatic carbocycles. The summed E-state index contributed by atoms with van der Waals surface area (Å²) in [5.41, 5.74) is 0.944. The number of carbonyl (C=O) groups is 1. The third kappa shape index (κ3) is 2.41. The maximum absolute atomic E-state index is 12.1. The van der Waals surface area contributed by atoms with E-state index in [9.17, 15) is 9.59 Å². The lowest BCUT2D eigenvalue weighted by Gasteiger charge is -2.19. The van der Waals surface area contributed by atoms with Gasteiger partial charge in [-0.25, -0.2) is 4.98 Å². The van der Waals surface area contributed by atoms with Gasteiger partial charge in [-0.3, -0.25) is 19.5 Å². The van der Waals surface area contributed by atoms with Crippen LogP contribution < -0.4 is 10.5 Å². The lowest BCUT2D eigenvalue weighted by molar-refractivity contribution is -0.115. The summed E-state index contributed by atoms with van der Waals surface area (Å²) in [5.74, 6) is -0.00275. The molecule has 0 aliphatic carbocycles. The second kappa shape index (κ2) is 5.20. The molecule has 3 rings (SSSR count). The van der Waals surface area contributed by atoms with E-state index in [1.54, 1.807) is 36.4 Å². The number of aromatic amines is 1. The Morgan fingerprint density at radius 1 is 1.05 bits per heavy atom. The van der Waals surface area contributed by atoms with Gasteiger partial charge >= 0.3 is 0 Å². The van der Waals surface area contributed by atoms with Crippen molar-refractivity contribution in [3.8, 4) is 0 Å². The van der Waals surface area contributed by atoms with E-state index < -0.39 is 0 Å². The van der Waals surface area contributed by atoms with E-state index in [1.165, 1.54) is 11.8 Å². The van der Waals surface area contributed by atoms with E-state index >= 15 is 0 Å². The smallest absolute Gasteiger partial charge is 0.260 e. The van der Waals surface area contributed by atoms with Crippen LogP contribution in [-0.2, 0) is 4.79 Å². The van der Waals surface area contributed by atoms with Crippen molar-refractivity contribution < 1.29 is 4.79 Å². The van der Waals surface area contributed by atoms with Crippen LogP contribution in [0.2, 0.25) is 0 Å². The molecule has 3 aromatic rings. The Kier molecular flexibility index (Phi) is 3.23. The standard InChI is InChI=1S/C16H13N3O2/c1-11(20)19(12-7-3-2-4-8-12)16-17-14-10-6-5-9-13(14)15(21)18-16/h2-10H,1H3,(H,17,18,21). The molecule has 0 atom stereocenters. The van der Waals surface area contributed by atoms with Crippen molar-refractivity contribution in [2.24, 2.45) is 0 Å². The van der Waals surface area contributed by atoms with E-state index in [2.05, 4.69) is 9.97 Å². The Morgan fingerprint density at radius 2 is 1.71 bits per heavy atom. The minimum Gasteiger partial charge on any atom is -0.291 e. The quantitative estimate of drug-likeness (QED) is 0.784. The molecule has 104 valence electrons. The van der Waals surface area contributed by atoms with Gasteiger partial charge in [0, 0.05) is 6.92 Å². The number of anilines is 2. The van der Waals surface area contributed by atoms with Crippen LogP contribution >= 0.6 is 0 Å². The number of hydrogen-bond acceptors (Lipinski definition) is 3. The molecule has 5 nitrogen and oxygen atoms in total. The Morgan fingerprint density at radius 3 is 2.43 bits per heavy atom. The first-order valence-corrected chi connectivity index (χ1v) is 6.51. The van der Waals surface area contributed by atoms with Crippen LogP contribution in [0.5, 0.6) is 0 Å². The summed E-state index contributed by atoms with van der Waals surface area (Å²) in [6.45, 7) is 1.43. The van der Waals surface area contributed by atoms with Crippen LogP contribution in [0.25, 0.3) is 10.9 Å². The summed E-state index contributed by atoms with van der Waals surface area (Å²) in [7, 11) is 0. The van der Waals surface area contributed by atoms with Gasteiger partial charge in [-0.2, -0.15) is 0 Å². The molecule has 21 heavy (non-hydrogen) atoms. The fourth-order valence-electron chi connectivity index (χ4n) is 2.21. The summed E-state index contributed by atoms with van der Waals surface area (Å²) in [6.07, 6.45) is 0. The molecule has 0 unspecified atom stereocenters. The van der Waals surface area contributed by atoms with Gasteiger partial charge in [-0.05, 0) is 24.3 Å². The summed E-state index contributed by atoms with van der Waals surface area (Å²) in [6, 6.07) is 16.1. The van der Waals surface area contributed by atoms with E-state index in [4.69, 9.17) is 0 Å². The summed E-state index contributed by atoms with van der Waals surface area (Å²) < 4.78 is 0. The molecule has 1 amide bonds. The van der Waals surface area contributed by atoms with Gasteiger partial charge in [0.25, 0.3) is 5.56 Å². The number of rotatable bonds is 2. The van der Waals surface area contributed by atoms with E-state index in [0.29, 0.717) is 16.6 Å². The van der Waals surface area contributed by atoms with Gasteiger partial charge in [0.1, 0.15) is 0 Å². The second-order valence-corrected chi connectivity index (χ2v) is 4.60. The number of benzene rings is 2. The first-order valence-electron chi connectivity index (χ1n) is 6.51. The predicted molar refractivity (Wildman–Crippen MR) is 81.6 cm³/mol. The third-order valence-corrected chi connectivity index (χ3v) is 3.14. The fourth-order valence-corrected chi connectivity index (χ4v) is 2.21. The molecule has 0 aliphatic rings.